The predicted molar refractivity (Wildman–Crippen MR) is 89.1 cm³/mol. The van der Waals surface area contributed by atoms with Crippen LogP contribution in [0.1, 0.15) is 17.5 Å². The van der Waals surface area contributed by atoms with E-state index >= 15 is 0 Å². The van der Waals surface area contributed by atoms with Gasteiger partial charge >= 0.3 is 18.1 Å². The Morgan fingerprint density at radius 1 is 1.00 bits per heavy atom. The third-order valence-electron chi connectivity index (χ3n) is 4.33. The zero-order valence-electron chi connectivity index (χ0n) is 14.4. The molecule has 28 heavy (non-hydrogen) atoms. The Hall–Kier alpha value is -2.90. The molecule has 1 atom stereocenters. The van der Waals surface area contributed by atoms with Gasteiger partial charge in [0.25, 0.3) is 0 Å². The smallest absolute Gasteiger partial charge is 0.458 e. The first kappa shape index (κ1) is 19.9. The van der Waals surface area contributed by atoms with Crippen LogP contribution in [0.15, 0.2) is 72.5 Å². The minimum absolute atomic E-state index is 0.0635. The summed E-state index contributed by atoms with van der Waals surface area (Å²) in [5, 5.41) is 0. The molecule has 148 valence electrons. The van der Waals surface area contributed by atoms with Gasteiger partial charge in [0.05, 0.1) is 12.5 Å². The van der Waals surface area contributed by atoms with E-state index in [-0.39, 0.29) is 17.9 Å². The van der Waals surface area contributed by atoms with Crippen molar-refractivity contribution < 1.29 is 36.2 Å². The zero-order valence-corrected chi connectivity index (χ0v) is 14.4. The molecule has 1 heterocycles. The number of hydrogen-bond donors (Lipinski definition) is 0. The van der Waals surface area contributed by atoms with E-state index in [0.717, 1.165) is 18.2 Å². The summed E-state index contributed by atoms with van der Waals surface area (Å²) < 4.78 is 77.3. The van der Waals surface area contributed by atoms with Gasteiger partial charge < -0.3 is 9.47 Å². The number of carbonyl (C=O) groups is 1. The fourth-order valence-corrected chi connectivity index (χ4v) is 2.90. The van der Waals surface area contributed by atoms with Crippen molar-refractivity contribution in [2.45, 2.75) is 30.7 Å². The topological polar surface area (TPSA) is 35.5 Å². The Balaban J connectivity index is 1.76. The minimum atomic E-state index is -5.82. The first-order valence-electron chi connectivity index (χ1n) is 8.26. The number of carbonyl (C=O) groups excluding carboxylic acids is 1. The molecule has 3 nitrogen and oxygen atoms in total. The highest BCUT2D eigenvalue weighted by molar-refractivity contribution is 5.82. The van der Waals surface area contributed by atoms with E-state index in [4.69, 9.17) is 9.47 Å². The Morgan fingerprint density at radius 3 is 2.07 bits per heavy atom. The maximum Gasteiger partial charge on any atom is 0.458 e. The van der Waals surface area contributed by atoms with Crippen molar-refractivity contribution in [3.05, 3.63) is 83.6 Å². The van der Waals surface area contributed by atoms with Crippen molar-refractivity contribution in [2.75, 3.05) is 0 Å². The van der Waals surface area contributed by atoms with E-state index in [1.165, 1.54) is 18.2 Å². The molecule has 8 heteroatoms. The van der Waals surface area contributed by atoms with Crippen LogP contribution < -0.4 is 0 Å². The molecular weight excluding hydrogens is 383 g/mol. The summed E-state index contributed by atoms with van der Waals surface area (Å²) in [7, 11) is 0. The summed E-state index contributed by atoms with van der Waals surface area (Å²) in [6, 6.07) is 15.1. The van der Waals surface area contributed by atoms with E-state index in [1.54, 1.807) is 30.3 Å². The molecule has 1 saturated heterocycles. The molecule has 2 aromatic carbocycles. The summed E-state index contributed by atoms with van der Waals surface area (Å²) in [4.78, 5) is 11.8. The van der Waals surface area contributed by atoms with E-state index in [0.29, 0.717) is 5.56 Å². The number of ether oxygens (including phenoxy) is 2. The molecule has 3 rings (SSSR count). The van der Waals surface area contributed by atoms with Gasteiger partial charge in [-0.3, -0.25) is 0 Å². The van der Waals surface area contributed by atoms with Gasteiger partial charge in [-0.1, -0.05) is 60.7 Å². The number of esters is 1. The van der Waals surface area contributed by atoms with Crippen LogP contribution in [0.3, 0.4) is 0 Å². The van der Waals surface area contributed by atoms with Gasteiger partial charge in [0.2, 0.25) is 5.60 Å². The van der Waals surface area contributed by atoms with E-state index in [1.807, 2.05) is 0 Å². The minimum Gasteiger partial charge on any atom is -0.479 e. The van der Waals surface area contributed by atoms with E-state index in [9.17, 15) is 26.7 Å². The molecule has 0 aliphatic carbocycles. The molecule has 0 N–H and O–H groups in total. The van der Waals surface area contributed by atoms with Crippen molar-refractivity contribution in [1.29, 1.82) is 0 Å². The summed E-state index contributed by atoms with van der Waals surface area (Å²) in [6.45, 7) is -0.0635. The highest BCUT2D eigenvalue weighted by Crippen LogP contribution is 2.59. The fourth-order valence-electron chi connectivity index (χ4n) is 2.90. The third-order valence-corrected chi connectivity index (χ3v) is 4.33. The van der Waals surface area contributed by atoms with Crippen LogP contribution in [0.5, 0.6) is 0 Å². The van der Waals surface area contributed by atoms with Crippen molar-refractivity contribution in [1.82, 2.24) is 0 Å². The average Bonchev–Trinajstić information content (AvgIpc) is 2.63. The van der Waals surface area contributed by atoms with Gasteiger partial charge in [-0.25, -0.2) is 4.79 Å². The van der Waals surface area contributed by atoms with Gasteiger partial charge in [-0.15, -0.1) is 0 Å². The van der Waals surface area contributed by atoms with Gasteiger partial charge in [-0.05, 0) is 5.56 Å². The Kier molecular flexibility index (Phi) is 5.14. The lowest BCUT2D eigenvalue weighted by Gasteiger charge is -2.48. The van der Waals surface area contributed by atoms with Crippen LogP contribution in [-0.4, -0.2) is 18.1 Å². The summed E-state index contributed by atoms with van der Waals surface area (Å²) in [6.07, 6.45) is -5.82. The molecule has 0 bridgehead atoms. The standard InChI is InChI=1S/C20H15F5O3/c21-19(22,20(23,24)25)18(15-9-5-2-6-10-15)12-16(28-18)11-17(26)27-13-14-7-3-1-4-8-14/h1-11H,12-13H2/b16-11+/t18-/m0/s1. The number of rotatable bonds is 5. The summed E-state index contributed by atoms with van der Waals surface area (Å²) in [5.74, 6) is -6.34. The molecule has 1 fully saturated rings. The summed E-state index contributed by atoms with van der Waals surface area (Å²) >= 11 is 0. The lowest BCUT2D eigenvalue weighted by atomic mass is 9.78. The van der Waals surface area contributed by atoms with E-state index < -0.39 is 30.1 Å². The molecule has 2 aromatic rings. The fraction of sp³-hybridized carbons (Fsp3) is 0.250. The highest BCUT2D eigenvalue weighted by Gasteiger charge is 2.75. The van der Waals surface area contributed by atoms with Crippen molar-refractivity contribution >= 4 is 5.97 Å². The van der Waals surface area contributed by atoms with Gasteiger partial charge in [0.15, 0.2) is 0 Å². The number of benzene rings is 2. The van der Waals surface area contributed by atoms with Gasteiger partial charge in [0.1, 0.15) is 12.4 Å². The largest absolute Gasteiger partial charge is 0.479 e. The van der Waals surface area contributed by atoms with Crippen molar-refractivity contribution in [2.24, 2.45) is 0 Å². The molecule has 0 radical (unpaired) electrons. The molecule has 0 saturated carbocycles. The normalized spacial score (nSPS) is 21.0. The van der Waals surface area contributed by atoms with Crippen LogP contribution >= 0.6 is 0 Å². The Morgan fingerprint density at radius 2 is 1.54 bits per heavy atom. The molecule has 1 aliphatic heterocycles. The van der Waals surface area contributed by atoms with Crippen molar-refractivity contribution in [3.8, 4) is 0 Å². The monoisotopic (exact) mass is 398 g/mol. The van der Waals surface area contributed by atoms with Crippen LogP contribution in [-0.2, 0) is 26.5 Å². The quantitative estimate of drug-likeness (QED) is 0.398. The van der Waals surface area contributed by atoms with Crippen molar-refractivity contribution in [3.63, 3.8) is 0 Å². The van der Waals surface area contributed by atoms with Gasteiger partial charge in [-0.2, -0.15) is 22.0 Å². The lowest BCUT2D eigenvalue weighted by Crippen LogP contribution is -2.60. The molecular formula is C20H15F5O3. The second kappa shape index (κ2) is 7.26. The van der Waals surface area contributed by atoms with Gasteiger partial charge in [0, 0.05) is 5.56 Å². The number of halogens is 5. The molecule has 0 unspecified atom stereocenters. The third kappa shape index (κ3) is 3.58. The summed E-state index contributed by atoms with van der Waals surface area (Å²) in [5.41, 5.74) is -2.55. The van der Waals surface area contributed by atoms with E-state index in [2.05, 4.69) is 0 Å². The number of hydrogen-bond acceptors (Lipinski definition) is 3. The maximum absolute atomic E-state index is 14.2. The predicted octanol–water partition coefficient (Wildman–Crippen LogP) is 5.13. The highest BCUT2D eigenvalue weighted by atomic mass is 19.4. The SMILES string of the molecule is O=C(/C=C1\C[C@](c2ccccc2)(C(F)(F)C(F)(F)F)O1)OCc1ccccc1. The first-order chi connectivity index (χ1) is 13.2. The Labute approximate surface area is 157 Å². The lowest BCUT2D eigenvalue weighted by molar-refractivity contribution is -0.368. The molecule has 0 spiro atoms. The van der Waals surface area contributed by atoms with Crippen LogP contribution in [0.25, 0.3) is 0 Å². The van der Waals surface area contributed by atoms with Crippen LogP contribution in [0, 0.1) is 0 Å². The molecule has 1 aliphatic rings. The Bertz CT molecular complexity index is 852. The maximum atomic E-state index is 14.2. The average molecular weight is 398 g/mol. The number of alkyl halides is 5. The molecule has 0 amide bonds. The van der Waals surface area contributed by atoms with Crippen LogP contribution in [0.2, 0.25) is 0 Å². The van der Waals surface area contributed by atoms with Crippen LogP contribution in [0.4, 0.5) is 22.0 Å². The second-order valence-electron chi connectivity index (χ2n) is 6.25. The second-order valence-corrected chi connectivity index (χ2v) is 6.25. The molecule has 0 aromatic heterocycles. The zero-order chi connectivity index (χ0) is 20.4. The first-order valence-corrected chi connectivity index (χ1v) is 8.26.